The topological polar surface area (TPSA) is 49.8 Å². The number of aryl methyl sites for hydroxylation is 1. The predicted octanol–water partition coefficient (Wildman–Crippen LogP) is 2.81. The van der Waals surface area contributed by atoms with Gasteiger partial charge in [0, 0.05) is 17.5 Å². The number of anilines is 1. The standard InChI is InChI=1S/C14H20N4S/c1-2-11-8-12-13(17-9-18-14(12)19-11)16-7-5-10-4-3-6-15-10/h8-10,15H,2-7H2,1H3,(H,16,17,18)/t10-/m1/s1. The third-order valence-electron chi connectivity index (χ3n) is 3.68. The Morgan fingerprint density at radius 2 is 2.42 bits per heavy atom. The SMILES string of the molecule is CCc1cc2c(NCC[C@H]3CCCN3)ncnc2s1. The van der Waals surface area contributed by atoms with E-state index in [4.69, 9.17) is 0 Å². The molecule has 19 heavy (non-hydrogen) atoms. The van der Waals surface area contributed by atoms with Crippen molar-refractivity contribution in [3.8, 4) is 0 Å². The normalized spacial score (nSPS) is 19.1. The van der Waals surface area contributed by atoms with E-state index in [1.807, 2.05) is 0 Å². The molecule has 0 spiro atoms. The van der Waals surface area contributed by atoms with Gasteiger partial charge in [0.1, 0.15) is 17.0 Å². The van der Waals surface area contributed by atoms with Gasteiger partial charge in [-0.15, -0.1) is 11.3 Å². The Morgan fingerprint density at radius 3 is 3.21 bits per heavy atom. The Balaban J connectivity index is 1.67. The van der Waals surface area contributed by atoms with E-state index in [0.29, 0.717) is 6.04 Å². The van der Waals surface area contributed by atoms with Crippen LogP contribution in [0.4, 0.5) is 5.82 Å². The van der Waals surface area contributed by atoms with Gasteiger partial charge in [-0.3, -0.25) is 0 Å². The molecule has 4 nitrogen and oxygen atoms in total. The summed E-state index contributed by atoms with van der Waals surface area (Å²) < 4.78 is 0. The van der Waals surface area contributed by atoms with Crippen molar-refractivity contribution in [1.82, 2.24) is 15.3 Å². The zero-order valence-corrected chi connectivity index (χ0v) is 12.1. The molecular weight excluding hydrogens is 256 g/mol. The van der Waals surface area contributed by atoms with Crippen LogP contribution < -0.4 is 10.6 Å². The largest absolute Gasteiger partial charge is 0.369 e. The van der Waals surface area contributed by atoms with Crippen molar-refractivity contribution in [2.45, 2.75) is 38.6 Å². The van der Waals surface area contributed by atoms with Crippen molar-refractivity contribution in [2.24, 2.45) is 0 Å². The maximum Gasteiger partial charge on any atom is 0.138 e. The fourth-order valence-electron chi connectivity index (χ4n) is 2.59. The van der Waals surface area contributed by atoms with Crippen molar-refractivity contribution >= 4 is 27.4 Å². The van der Waals surface area contributed by atoms with Crippen LogP contribution in [0.2, 0.25) is 0 Å². The van der Waals surface area contributed by atoms with Gasteiger partial charge >= 0.3 is 0 Å². The molecular formula is C14H20N4S. The highest BCUT2D eigenvalue weighted by molar-refractivity contribution is 7.18. The molecule has 1 aliphatic rings. The smallest absolute Gasteiger partial charge is 0.138 e. The van der Waals surface area contributed by atoms with Crippen LogP contribution >= 0.6 is 11.3 Å². The van der Waals surface area contributed by atoms with Gasteiger partial charge in [-0.05, 0) is 38.3 Å². The molecule has 0 radical (unpaired) electrons. The number of aromatic nitrogens is 2. The minimum atomic E-state index is 0.679. The van der Waals surface area contributed by atoms with Gasteiger partial charge < -0.3 is 10.6 Å². The van der Waals surface area contributed by atoms with Crippen LogP contribution in [0.5, 0.6) is 0 Å². The number of hydrogen-bond acceptors (Lipinski definition) is 5. The molecule has 0 unspecified atom stereocenters. The molecule has 3 rings (SSSR count). The first kappa shape index (κ1) is 12.8. The van der Waals surface area contributed by atoms with Crippen molar-refractivity contribution in [1.29, 1.82) is 0 Å². The van der Waals surface area contributed by atoms with Crippen LogP contribution in [0.1, 0.15) is 31.1 Å². The zero-order chi connectivity index (χ0) is 13.1. The third-order valence-corrected chi connectivity index (χ3v) is 4.86. The van der Waals surface area contributed by atoms with Crippen molar-refractivity contribution in [3.05, 3.63) is 17.3 Å². The first-order valence-electron chi connectivity index (χ1n) is 7.07. The van der Waals surface area contributed by atoms with Crippen LogP contribution in [0.15, 0.2) is 12.4 Å². The van der Waals surface area contributed by atoms with E-state index in [1.54, 1.807) is 17.7 Å². The third kappa shape index (κ3) is 2.87. The number of fused-ring (bicyclic) bond motifs is 1. The Bertz CT molecular complexity index is 545. The van der Waals surface area contributed by atoms with E-state index in [0.717, 1.165) is 30.0 Å². The van der Waals surface area contributed by atoms with Crippen LogP contribution in [0.3, 0.4) is 0 Å². The van der Waals surface area contributed by atoms with E-state index in [9.17, 15) is 0 Å². The van der Waals surface area contributed by atoms with E-state index in [2.05, 4.69) is 33.6 Å². The number of thiophene rings is 1. The second-order valence-corrected chi connectivity index (χ2v) is 6.13. The Hall–Kier alpha value is -1.20. The van der Waals surface area contributed by atoms with E-state index in [1.165, 1.54) is 29.6 Å². The number of nitrogens with zero attached hydrogens (tertiary/aromatic N) is 2. The van der Waals surface area contributed by atoms with Crippen LogP contribution in [-0.2, 0) is 6.42 Å². The van der Waals surface area contributed by atoms with E-state index >= 15 is 0 Å². The lowest BCUT2D eigenvalue weighted by molar-refractivity contribution is 0.574. The molecule has 1 fully saturated rings. The van der Waals surface area contributed by atoms with Crippen molar-refractivity contribution < 1.29 is 0 Å². The van der Waals surface area contributed by atoms with E-state index < -0.39 is 0 Å². The Labute approximate surface area is 117 Å². The summed E-state index contributed by atoms with van der Waals surface area (Å²) in [7, 11) is 0. The van der Waals surface area contributed by atoms with Crippen LogP contribution in [0, 0.1) is 0 Å². The summed E-state index contributed by atoms with van der Waals surface area (Å²) in [5.41, 5.74) is 0. The first-order valence-corrected chi connectivity index (χ1v) is 7.89. The zero-order valence-electron chi connectivity index (χ0n) is 11.3. The summed E-state index contributed by atoms with van der Waals surface area (Å²) in [6.07, 6.45) is 6.50. The molecule has 3 heterocycles. The molecule has 0 bridgehead atoms. The molecule has 0 aromatic carbocycles. The molecule has 2 aromatic rings. The molecule has 2 N–H and O–H groups in total. The summed E-state index contributed by atoms with van der Waals surface area (Å²) in [5, 5.41) is 8.16. The molecule has 1 aliphatic heterocycles. The molecule has 0 aliphatic carbocycles. The fourth-order valence-corrected chi connectivity index (χ4v) is 3.52. The maximum absolute atomic E-state index is 4.38. The molecule has 0 saturated carbocycles. The minimum absolute atomic E-state index is 0.679. The van der Waals surface area contributed by atoms with Crippen molar-refractivity contribution in [3.63, 3.8) is 0 Å². The molecule has 1 saturated heterocycles. The molecule has 1 atom stereocenters. The second-order valence-electron chi connectivity index (χ2n) is 5.02. The fraction of sp³-hybridized carbons (Fsp3) is 0.571. The average Bonchev–Trinajstić information content (AvgIpc) is 3.07. The maximum atomic E-state index is 4.38. The second kappa shape index (κ2) is 5.84. The van der Waals surface area contributed by atoms with Gasteiger partial charge in [0.2, 0.25) is 0 Å². The van der Waals surface area contributed by atoms with Gasteiger partial charge in [0.05, 0.1) is 5.39 Å². The highest BCUT2D eigenvalue weighted by Gasteiger charge is 2.13. The quantitative estimate of drug-likeness (QED) is 0.881. The highest BCUT2D eigenvalue weighted by Crippen LogP contribution is 2.28. The van der Waals surface area contributed by atoms with Gasteiger partial charge in [0.15, 0.2) is 0 Å². The lowest BCUT2D eigenvalue weighted by atomic mass is 10.1. The monoisotopic (exact) mass is 276 g/mol. The molecule has 2 aromatic heterocycles. The van der Waals surface area contributed by atoms with Gasteiger partial charge in [-0.2, -0.15) is 0 Å². The van der Waals surface area contributed by atoms with Gasteiger partial charge in [-0.25, -0.2) is 9.97 Å². The Morgan fingerprint density at radius 1 is 1.47 bits per heavy atom. The summed E-state index contributed by atoms with van der Waals surface area (Å²) >= 11 is 1.77. The van der Waals surface area contributed by atoms with Gasteiger partial charge in [0.25, 0.3) is 0 Å². The van der Waals surface area contributed by atoms with Crippen molar-refractivity contribution in [2.75, 3.05) is 18.4 Å². The number of hydrogen-bond donors (Lipinski definition) is 2. The number of nitrogens with one attached hydrogen (secondary N) is 2. The highest BCUT2D eigenvalue weighted by atomic mass is 32.1. The number of rotatable bonds is 5. The lowest BCUT2D eigenvalue weighted by Gasteiger charge is -2.11. The molecule has 102 valence electrons. The average molecular weight is 276 g/mol. The Kier molecular flexibility index (Phi) is 3.94. The van der Waals surface area contributed by atoms with E-state index in [-0.39, 0.29) is 0 Å². The molecule has 0 amide bonds. The summed E-state index contributed by atoms with van der Waals surface area (Å²) in [4.78, 5) is 11.2. The van der Waals surface area contributed by atoms with Crippen LogP contribution in [-0.4, -0.2) is 29.1 Å². The predicted molar refractivity (Wildman–Crippen MR) is 80.9 cm³/mol. The summed E-state index contributed by atoms with van der Waals surface area (Å²) in [5.74, 6) is 0.985. The van der Waals surface area contributed by atoms with Gasteiger partial charge in [-0.1, -0.05) is 6.92 Å². The van der Waals surface area contributed by atoms with Crippen LogP contribution in [0.25, 0.3) is 10.2 Å². The lowest BCUT2D eigenvalue weighted by Crippen LogP contribution is -2.24. The molecule has 5 heteroatoms. The minimum Gasteiger partial charge on any atom is -0.369 e. The first-order chi connectivity index (χ1) is 9.36. The summed E-state index contributed by atoms with van der Waals surface area (Å²) in [6.45, 7) is 4.32. The summed E-state index contributed by atoms with van der Waals surface area (Å²) in [6, 6.07) is 2.90.